The normalized spacial score (nSPS) is 10.9. The molecule has 5 rings (SSSR count). The SMILES string of the molecule is CCn1c(=O)c(C(=O)Nc2ccc(Oc3ccnc4cc(OC)c(OC)cc34)c(F)c2)cn(-c2ccc(F)cc2)c1=O. The van der Waals surface area contributed by atoms with Gasteiger partial charge in [-0.25, -0.2) is 13.6 Å². The molecule has 0 spiro atoms. The zero-order valence-corrected chi connectivity index (χ0v) is 22.7. The van der Waals surface area contributed by atoms with Crippen molar-refractivity contribution < 1.29 is 27.8 Å². The summed E-state index contributed by atoms with van der Waals surface area (Å²) in [6, 6.07) is 13.6. The number of benzene rings is 3. The number of methoxy groups -OCH3 is 2. The molecule has 0 aliphatic rings. The van der Waals surface area contributed by atoms with E-state index in [1.165, 1.54) is 44.7 Å². The van der Waals surface area contributed by atoms with Crippen LogP contribution in [0.4, 0.5) is 14.5 Å². The fourth-order valence-electron chi connectivity index (χ4n) is 4.34. The molecule has 2 heterocycles. The van der Waals surface area contributed by atoms with Crippen LogP contribution in [0.5, 0.6) is 23.0 Å². The van der Waals surface area contributed by atoms with Crippen LogP contribution in [0.3, 0.4) is 0 Å². The molecule has 12 heteroatoms. The van der Waals surface area contributed by atoms with E-state index in [0.29, 0.717) is 28.2 Å². The fraction of sp³-hybridized carbons (Fsp3) is 0.133. The van der Waals surface area contributed by atoms with E-state index in [2.05, 4.69) is 10.3 Å². The molecule has 1 amide bonds. The van der Waals surface area contributed by atoms with Crippen molar-refractivity contribution in [3.8, 4) is 28.7 Å². The van der Waals surface area contributed by atoms with Gasteiger partial charge < -0.3 is 19.5 Å². The van der Waals surface area contributed by atoms with Gasteiger partial charge >= 0.3 is 5.69 Å². The van der Waals surface area contributed by atoms with Gasteiger partial charge in [0.25, 0.3) is 11.5 Å². The van der Waals surface area contributed by atoms with Gasteiger partial charge in [0.05, 0.1) is 25.4 Å². The van der Waals surface area contributed by atoms with Gasteiger partial charge in [-0.1, -0.05) is 0 Å². The molecule has 0 atom stereocenters. The number of anilines is 1. The molecule has 3 aromatic carbocycles. The highest BCUT2D eigenvalue weighted by Gasteiger charge is 2.19. The van der Waals surface area contributed by atoms with E-state index in [4.69, 9.17) is 14.2 Å². The number of nitrogens with one attached hydrogen (secondary N) is 1. The van der Waals surface area contributed by atoms with Crippen molar-refractivity contribution in [1.29, 1.82) is 0 Å². The van der Waals surface area contributed by atoms with Gasteiger partial charge in [0.1, 0.15) is 17.1 Å². The maximum atomic E-state index is 15.1. The van der Waals surface area contributed by atoms with E-state index in [9.17, 15) is 18.8 Å². The molecular weight excluding hydrogens is 550 g/mol. The van der Waals surface area contributed by atoms with Gasteiger partial charge in [0.15, 0.2) is 23.1 Å². The zero-order chi connectivity index (χ0) is 30.0. The van der Waals surface area contributed by atoms with Crippen LogP contribution in [0, 0.1) is 11.6 Å². The van der Waals surface area contributed by atoms with Crippen molar-refractivity contribution in [2.24, 2.45) is 0 Å². The van der Waals surface area contributed by atoms with Crippen LogP contribution in [0.15, 0.2) is 82.6 Å². The van der Waals surface area contributed by atoms with Crippen LogP contribution >= 0.6 is 0 Å². The largest absolute Gasteiger partial charge is 0.493 e. The molecule has 0 radical (unpaired) electrons. The van der Waals surface area contributed by atoms with Crippen LogP contribution in [0.1, 0.15) is 17.3 Å². The topological polar surface area (TPSA) is 114 Å². The Morgan fingerprint density at radius 2 is 1.62 bits per heavy atom. The van der Waals surface area contributed by atoms with E-state index in [-0.39, 0.29) is 29.2 Å². The minimum absolute atomic E-state index is 0.0109. The summed E-state index contributed by atoms with van der Waals surface area (Å²) >= 11 is 0. The molecule has 0 saturated heterocycles. The summed E-state index contributed by atoms with van der Waals surface area (Å²) < 4.78 is 47.0. The molecule has 0 aliphatic heterocycles. The maximum Gasteiger partial charge on any atom is 0.335 e. The first kappa shape index (κ1) is 28.0. The van der Waals surface area contributed by atoms with Crippen molar-refractivity contribution in [3.63, 3.8) is 0 Å². The summed E-state index contributed by atoms with van der Waals surface area (Å²) in [7, 11) is 2.99. The van der Waals surface area contributed by atoms with Gasteiger partial charge in [-0.15, -0.1) is 0 Å². The van der Waals surface area contributed by atoms with Crippen molar-refractivity contribution in [3.05, 3.63) is 111 Å². The molecule has 42 heavy (non-hydrogen) atoms. The summed E-state index contributed by atoms with van der Waals surface area (Å²) in [5.74, 6) is -1.09. The molecule has 0 unspecified atom stereocenters. The van der Waals surface area contributed by atoms with Crippen molar-refractivity contribution >= 4 is 22.5 Å². The van der Waals surface area contributed by atoms with Gasteiger partial charge in [0.2, 0.25) is 0 Å². The highest BCUT2D eigenvalue weighted by molar-refractivity contribution is 6.04. The van der Waals surface area contributed by atoms with Gasteiger partial charge in [0, 0.05) is 42.1 Å². The summed E-state index contributed by atoms with van der Waals surface area (Å²) in [4.78, 5) is 43.2. The number of hydrogen-bond acceptors (Lipinski definition) is 7. The molecule has 2 aromatic heterocycles. The number of aromatic nitrogens is 3. The average Bonchev–Trinajstić information content (AvgIpc) is 2.98. The molecule has 1 N–H and O–H groups in total. The number of halogens is 2. The second kappa shape index (κ2) is 11.5. The number of amides is 1. The number of carbonyl (C=O) groups excluding carboxylic acids is 1. The Morgan fingerprint density at radius 1 is 0.905 bits per heavy atom. The first-order chi connectivity index (χ1) is 20.2. The Kier molecular flexibility index (Phi) is 7.69. The first-order valence-corrected chi connectivity index (χ1v) is 12.7. The maximum absolute atomic E-state index is 15.1. The minimum atomic E-state index is -0.868. The second-order valence-corrected chi connectivity index (χ2v) is 8.96. The summed E-state index contributed by atoms with van der Waals surface area (Å²) in [5, 5.41) is 3.03. The third-order valence-corrected chi connectivity index (χ3v) is 6.45. The number of nitrogens with zero attached hydrogens (tertiary/aromatic N) is 3. The van der Waals surface area contributed by atoms with Crippen molar-refractivity contribution in [2.45, 2.75) is 13.5 Å². The summed E-state index contributed by atoms with van der Waals surface area (Å²) in [5.41, 5.74) is -1.06. The Labute approximate surface area is 237 Å². The van der Waals surface area contributed by atoms with E-state index < -0.39 is 28.8 Å². The third kappa shape index (κ3) is 5.29. The van der Waals surface area contributed by atoms with E-state index in [0.717, 1.165) is 33.5 Å². The Morgan fingerprint density at radius 3 is 2.29 bits per heavy atom. The number of fused-ring (bicyclic) bond motifs is 1. The molecule has 5 aromatic rings. The van der Waals surface area contributed by atoms with Gasteiger partial charge in [-0.05, 0) is 55.5 Å². The molecule has 0 aliphatic carbocycles. The predicted octanol–water partition coefficient (Wildman–Crippen LogP) is 4.91. The zero-order valence-electron chi connectivity index (χ0n) is 22.7. The number of carbonyl (C=O) groups is 1. The van der Waals surface area contributed by atoms with E-state index in [1.807, 2.05) is 0 Å². The Bertz CT molecular complexity index is 1940. The van der Waals surface area contributed by atoms with Crippen LogP contribution in [0.25, 0.3) is 16.6 Å². The fourth-order valence-corrected chi connectivity index (χ4v) is 4.34. The lowest BCUT2D eigenvalue weighted by Crippen LogP contribution is -2.42. The standard InChI is InChI=1S/C30H24F2N4O6/c1-4-35-29(38)21(16-36(30(35)39)19-8-5-17(31)6-9-19)28(37)34-18-7-10-25(22(32)13-18)42-24-11-12-33-23-15-27(41-3)26(40-2)14-20(23)24/h5-16H,4H2,1-3H3,(H,34,37). The predicted molar refractivity (Wildman–Crippen MR) is 151 cm³/mol. The van der Waals surface area contributed by atoms with Crippen LogP contribution in [-0.4, -0.2) is 34.2 Å². The molecule has 10 nitrogen and oxygen atoms in total. The first-order valence-electron chi connectivity index (χ1n) is 12.7. The molecular formula is C30H24F2N4O6. The average molecular weight is 575 g/mol. The molecule has 0 saturated carbocycles. The summed E-state index contributed by atoms with van der Waals surface area (Å²) in [6.45, 7) is 1.56. The van der Waals surface area contributed by atoms with Crippen LogP contribution in [-0.2, 0) is 6.54 Å². The summed E-state index contributed by atoms with van der Waals surface area (Å²) in [6.07, 6.45) is 2.58. The van der Waals surface area contributed by atoms with Crippen LogP contribution in [0.2, 0.25) is 0 Å². The van der Waals surface area contributed by atoms with Gasteiger partial charge in [-0.2, -0.15) is 0 Å². The van der Waals surface area contributed by atoms with E-state index in [1.54, 1.807) is 25.1 Å². The highest BCUT2D eigenvalue weighted by atomic mass is 19.1. The smallest absolute Gasteiger partial charge is 0.335 e. The monoisotopic (exact) mass is 574 g/mol. The quantitative estimate of drug-likeness (QED) is 0.280. The Balaban J connectivity index is 1.43. The van der Waals surface area contributed by atoms with Crippen molar-refractivity contribution in [2.75, 3.05) is 19.5 Å². The molecule has 0 bridgehead atoms. The number of rotatable bonds is 8. The molecule has 0 fully saturated rings. The number of pyridine rings is 1. The minimum Gasteiger partial charge on any atom is -0.493 e. The molecule has 214 valence electrons. The van der Waals surface area contributed by atoms with Gasteiger partial charge in [-0.3, -0.25) is 23.7 Å². The second-order valence-electron chi connectivity index (χ2n) is 8.96. The number of ether oxygens (including phenoxy) is 3. The number of hydrogen-bond donors (Lipinski definition) is 1. The van der Waals surface area contributed by atoms with Crippen LogP contribution < -0.4 is 30.8 Å². The lowest BCUT2D eigenvalue weighted by Gasteiger charge is -2.14. The lowest BCUT2D eigenvalue weighted by atomic mass is 10.1. The highest BCUT2D eigenvalue weighted by Crippen LogP contribution is 2.37. The lowest BCUT2D eigenvalue weighted by molar-refractivity contribution is 0.102. The third-order valence-electron chi connectivity index (χ3n) is 6.45. The van der Waals surface area contributed by atoms with E-state index >= 15 is 4.39 Å². The Hall–Kier alpha value is -5.52. The van der Waals surface area contributed by atoms with Crippen molar-refractivity contribution in [1.82, 2.24) is 14.1 Å².